The minimum Gasteiger partial charge on any atom is -0.504 e. The Morgan fingerprint density at radius 2 is 1.28 bits per heavy atom. The van der Waals surface area contributed by atoms with Crippen molar-refractivity contribution in [1.82, 2.24) is 0 Å². The van der Waals surface area contributed by atoms with Crippen LogP contribution in [-0.2, 0) is 4.79 Å². The van der Waals surface area contributed by atoms with Crippen molar-refractivity contribution >= 4 is 5.97 Å². The van der Waals surface area contributed by atoms with Crippen molar-refractivity contribution < 1.29 is 19.7 Å². The topological polar surface area (TPSA) is 66.8 Å². The largest absolute Gasteiger partial charge is 0.504 e. The molecule has 0 aromatic heterocycles. The number of esters is 1. The van der Waals surface area contributed by atoms with Gasteiger partial charge in [0.05, 0.1) is 5.92 Å². The number of rotatable bonds is 17. The number of carbonyl (C=O) groups is 1. The second-order valence-electron chi connectivity index (χ2n) is 8.36. The van der Waals surface area contributed by atoms with E-state index in [1.54, 1.807) is 0 Å². The summed E-state index contributed by atoms with van der Waals surface area (Å²) in [5.41, 5.74) is 0. The quantitative estimate of drug-likeness (QED) is 0.122. The normalized spacial score (nSPS) is 12.1. The number of phenols is 2. The number of unbranched alkanes of at least 4 members (excludes halogenated alkanes) is 13. The molecular weight excluding hydrogens is 364 g/mol. The standard InChI is InChI=1S/C25H42O4/c1-3-4-5-6-7-8-9-10-11-12-13-14-15-16-17-21(2)25(28)29-22-18-19-23(26)24(27)20-22/h18-21,26-27H,3-17H2,1-2H3. The molecule has 1 unspecified atom stereocenters. The Kier molecular flexibility index (Phi) is 14.1. The molecule has 0 aliphatic carbocycles. The predicted molar refractivity (Wildman–Crippen MR) is 119 cm³/mol. The second-order valence-corrected chi connectivity index (χ2v) is 8.36. The van der Waals surface area contributed by atoms with Gasteiger partial charge in [-0.3, -0.25) is 4.79 Å². The summed E-state index contributed by atoms with van der Waals surface area (Å²) in [5, 5.41) is 18.7. The van der Waals surface area contributed by atoms with Gasteiger partial charge in [-0.1, -0.05) is 104 Å². The smallest absolute Gasteiger partial charge is 0.314 e. The van der Waals surface area contributed by atoms with Gasteiger partial charge in [0, 0.05) is 6.07 Å². The van der Waals surface area contributed by atoms with Crippen molar-refractivity contribution in [2.75, 3.05) is 0 Å². The molecule has 0 heterocycles. The zero-order chi connectivity index (χ0) is 21.3. The Bertz CT molecular complexity index is 556. The molecule has 0 saturated heterocycles. The third-order valence-electron chi connectivity index (χ3n) is 5.56. The van der Waals surface area contributed by atoms with E-state index in [0.717, 1.165) is 19.3 Å². The van der Waals surface area contributed by atoms with Gasteiger partial charge in [-0.2, -0.15) is 0 Å². The summed E-state index contributed by atoms with van der Waals surface area (Å²) in [4.78, 5) is 12.1. The van der Waals surface area contributed by atoms with E-state index in [4.69, 9.17) is 4.74 Å². The maximum atomic E-state index is 12.1. The zero-order valence-corrected chi connectivity index (χ0v) is 18.6. The summed E-state index contributed by atoms with van der Waals surface area (Å²) in [5.74, 6) is -0.693. The molecular formula is C25H42O4. The van der Waals surface area contributed by atoms with Crippen LogP contribution in [-0.4, -0.2) is 16.2 Å². The molecule has 0 spiro atoms. The fourth-order valence-electron chi connectivity index (χ4n) is 3.55. The Morgan fingerprint density at radius 1 is 0.793 bits per heavy atom. The van der Waals surface area contributed by atoms with E-state index in [-0.39, 0.29) is 29.1 Å². The first-order valence-corrected chi connectivity index (χ1v) is 11.8. The highest BCUT2D eigenvalue weighted by atomic mass is 16.5. The lowest BCUT2D eigenvalue weighted by atomic mass is 10.0. The van der Waals surface area contributed by atoms with Crippen molar-refractivity contribution in [3.63, 3.8) is 0 Å². The van der Waals surface area contributed by atoms with E-state index in [1.807, 2.05) is 6.92 Å². The molecule has 4 nitrogen and oxygen atoms in total. The number of benzene rings is 1. The predicted octanol–water partition coefficient (Wildman–Crippen LogP) is 7.51. The van der Waals surface area contributed by atoms with Gasteiger partial charge < -0.3 is 14.9 Å². The van der Waals surface area contributed by atoms with Crippen molar-refractivity contribution in [3.8, 4) is 17.2 Å². The first kappa shape index (κ1) is 25.3. The van der Waals surface area contributed by atoms with Crippen LogP contribution >= 0.6 is 0 Å². The number of aromatic hydroxyl groups is 2. The van der Waals surface area contributed by atoms with E-state index in [2.05, 4.69) is 6.92 Å². The second kappa shape index (κ2) is 16.1. The van der Waals surface area contributed by atoms with Crippen LogP contribution in [0.25, 0.3) is 0 Å². The first-order chi connectivity index (χ1) is 14.0. The number of ether oxygens (including phenoxy) is 1. The van der Waals surface area contributed by atoms with Crippen LogP contribution in [0.2, 0.25) is 0 Å². The summed E-state index contributed by atoms with van der Waals surface area (Å²) in [7, 11) is 0. The van der Waals surface area contributed by atoms with Crippen LogP contribution in [0.3, 0.4) is 0 Å². The average Bonchev–Trinajstić information content (AvgIpc) is 2.70. The van der Waals surface area contributed by atoms with Gasteiger partial charge in [0.2, 0.25) is 0 Å². The van der Waals surface area contributed by atoms with Crippen molar-refractivity contribution in [3.05, 3.63) is 18.2 Å². The summed E-state index contributed by atoms with van der Waals surface area (Å²) >= 11 is 0. The van der Waals surface area contributed by atoms with Crippen LogP contribution in [0.4, 0.5) is 0 Å². The van der Waals surface area contributed by atoms with Gasteiger partial charge in [-0.25, -0.2) is 0 Å². The van der Waals surface area contributed by atoms with Gasteiger partial charge in [-0.15, -0.1) is 0 Å². The van der Waals surface area contributed by atoms with Crippen molar-refractivity contribution in [2.24, 2.45) is 5.92 Å². The maximum absolute atomic E-state index is 12.1. The lowest BCUT2D eigenvalue weighted by molar-refractivity contribution is -0.138. The molecule has 0 aliphatic heterocycles. The first-order valence-electron chi connectivity index (χ1n) is 11.8. The van der Waals surface area contributed by atoms with Crippen LogP contribution in [0.1, 0.15) is 110 Å². The highest BCUT2D eigenvalue weighted by Gasteiger charge is 2.15. The van der Waals surface area contributed by atoms with Crippen LogP contribution < -0.4 is 4.74 Å². The van der Waals surface area contributed by atoms with Crippen LogP contribution in [0, 0.1) is 5.92 Å². The summed E-state index contributed by atoms with van der Waals surface area (Å²) in [6.45, 7) is 4.14. The molecule has 0 amide bonds. The molecule has 1 rings (SSSR count). The minimum absolute atomic E-state index is 0.164. The van der Waals surface area contributed by atoms with Gasteiger partial charge in [0.15, 0.2) is 11.5 Å². The van der Waals surface area contributed by atoms with E-state index < -0.39 is 0 Å². The summed E-state index contributed by atoms with van der Waals surface area (Å²) < 4.78 is 5.27. The molecule has 0 saturated carbocycles. The Hall–Kier alpha value is -1.71. The number of phenolic OH excluding ortho intramolecular Hbond substituents is 2. The number of hydrogen-bond donors (Lipinski definition) is 2. The molecule has 1 aromatic carbocycles. The molecule has 4 heteroatoms. The fourth-order valence-corrected chi connectivity index (χ4v) is 3.55. The molecule has 0 aliphatic rings. The van der Waals surface area contributed by atoms with Gasteiger partial charge in [-0.05, 0) is 18.6 Å². The van der Waals surface area contributed by atoms with E-state index >= 15 is 0 Å². The monoisotopic (exact) mass is 406 g/mol. The molecule has 1 aromatic rings. The summed E-state index contributed by atoms with van der Waals surface area (Å²) in [6, 6.07) is 4.05. The molecule has 2 N–H and O–H groups in total. The molecule has 166 valence electrons. The van der Waals surface area contributed by atoms with Gasteiger partial charge in [0.25, 0.3) is 0 Å². The Labute approximate surface area is 177 Å². The fraction of sp³-hybridized carbons (Fsp3) is 0.720. The highest BCUT2D eigenvalue weighted by Crippen LogP contribution is 2.29. The maximum Gasteiger partial charge on any atom is 0.314 e. The third-order valence-corrected chi connectivity index (χ3v) is 5.56. The molecule has 1 atom stereocenters. The van der Waals surface area contributed by atoms with Gasteiger partial charge in [0.1, 0.15) is 5.75 Å². The molecule has 29 heavy (non-hydrogen) atoms. The summed E-state index contributed by atoms with van der Waals surface area (Å²) in [6.07, 6.45) is 19.4. The van der Waals surface area contributed by atoms with Crippen molar-refractivity contribution in [1.29, 1.82) is 0 Å². The lowest BCUT2D eigenvalue weighted by Crippen LogP contribution is -2.17. The number of carbonyl (C=O) groups excluding carboxylic acids is 1. The molecule has 0 radical (unpaired) electrons. The van der Waals surface area contributed by atoms with Crippen LogP contribution in [0.15, 0.2) is 18.2 Å². The van der Waals surface area contributed by atoms with E-state index in [1.165, 1.54) is 95.2 Å². The minimum atomic E-state index is -0.287. The van der Waals surface area contributed by atoms with Crippen LogP contribution in [0.5, 0.6) is 17.2 Å². The Balaban J connectivity index is 1.95. The molecule has 0 fully saturated rings. The molecule has 0 bridgehead atoms. The highest BCUT2D eigenvalue weighted by molar-refractivity contribution is 5.74. The van der Waals surface area contributed by atoms with E-state index in [9.17, 15) is 15.0 Å². The number of hydrogen-bond acceptors (Lipinski definition) is 4. The van der Waals surface area contributed by atoms with Crippen molar-refractivity contribution in [2.45, 2.75) is 110 Å². The van der Waals surface area contributed by atoms with E-state index in [0.29, 0.717) is 0 Å². The average molecular weight is 407 g/mol. The van der Waals surface area contributed by atoms with Gasteiger partial charge >= 0.3 is 5.97 Å². The third kappa shape index (κ3) is 12.5. The Morgan fingerprint density at radius 3 is 1.76 bits per heavy atom. The zero-order valence-electron chi connectivity index (χ0n) is 18.6. The SMILES string of the molecule is CCCCCCCCCCCCCCCCC(C)C(=O)Oc1ccc(O)c(O)c1. The lowest BCUT2D eigenvalue weighted by Gasteiger charge is -2.11.